The molecule has 27 heavy (non-hydrogen) atoms. The molecule has 0 fully saturated rings. The second-order valence-corrected chi connectivity index (χ2v) is 7.02. The number of amides is 1. The lowest BCUT2D eigenvalue weighted by molar-refractivity contribution is -0.138. The molecule has 1 aliphatic rings. The van der Waals surface area contributed by atoms with Gasteiger partial charge in [-0.3, -0.25) is 9.69 Å². The lowest BCUT2D eigenvalue weighted by Gasteiger charge is -2.34. The molecule has 0 spiro atoms. The van der Waals surface area contributed by atoms with Crippen LogP contribution in [0.5, 0.6) is 0 Å². The van der Waals surface area contributed by atoms with Crippen molar-refractivity contribution in [2.24, 2.45) is 0 Å². The maximum absolute atomic E-state index is 13.2. The lowest BCUT2D eigenvalue weighted by atomic mass is 9.99. The molecule has 1 atom stereocenters. The molecule has 0 N–H and O–H groups in total. The van der Waals surface area contributed by atoms with E-state index in [0.29, 0.717) is 13.1 Å². The van der Waals surface area contributed by atoms with Gasteiger partial charge in [-0.2, -0.15) is 13.2 Å². The largest absolute Gasteiger partial charge is 0.416 e. The number of carbonyl (C=O) groups excluding carboxylic acids is 1. The molecule has 0 aromatic heterocycles. The highest BCUT2D eigenvalue weighted by Crippen LogP contribution is 2.32. The van der Waals surface area contributed by atoms with Crippen LogP contribution in [-0.4, -0.2) is 35.3 Å². The first-order valence-electron chi connectivity index (χ1n) is 8.98. The van der Waals surface area contributed by atoms with Gasteiger partial charge in [0.1, 0.15) is 0 Å². The third kappa shape index (κ3) is 4.33. The predicted molar refractivity (Wildman–Crippen MR) is 97.9 cm³/mol. The first-order chi connectivity index (χ1) is 12.8. The molecule has 0 bridgehead atoms. The third-order valence-corrected chi connectivity index (χ3v) is 5.20. The van der Waals surface area contributed by atoms with Gasteiger partial charge in [0, 0.05) is 19.6 Å². The number of benzene rings is 2. The minimum Gasteiger partial charge on any atom is -0.337 e. The maximum Gasteiger partial charge on any atom is 0.416 e. The number of nitrogens with zero attached hydrogens (tertiary/aromatic N) is 2. The summed E-state index contributed by atoms with van der Waals surface area (Å²) >= 11 is 0. The highest BCUT2D eigenvalue weighted by Gasteiger charge is 2.34. The standard InChI is InChI=1S/C21H23F3N2O/c1-15(20(27)26-12-11-16-7-3-4-8-17(16)14-26)25(2)13-18-9-5-6-10-19(18)21(22,23)24/h3-10,15H,11-14H2,1-2H3. The second kappa shape index (κ2) is 7.72. The average Bonchev–Trinajstić information content (AvgIpc) is 2.66. The summed E-state index contributed by atoms with van der Waals surface area (Å²) in [6.45, 7) is 2.99. The number of halogens is 3. The van der Waals surface area contributed by atoms with Crippen molar-refractivity contribution in [2.45, 2.75) is 38.7 Å². The van der Waals surface area contributed by atoms with Gasteiger partial charge in [-0.05, 0) is 43.1 Å². The summed E-state index contributed by atoms with van der Waals surface area (Å²) in [5, 5.41) is 0. The van der Waals surface area contributed by atoms with Crippen LogP contribution in [0.25, 0.3) is 0 Å². The molecule has 0 radical (unpaired) electrons. The molecule has 144 valence electrons. The van der Waals surface area contributed by atoms with Crippen LogP contribution < -0.4 is 0 Å². The molecular formula is C21H23F3N2O. The van der Waals surface area contributed by atoms with Crippen LogP contribution in [0, 0.1) is 0 Å². The van der Waals surface area contributed by atoms with E-state index in [1.165, 1.54) is 17.7 Å². The molecule has 1 amide bonds. The van der Waals surface area contributed by atoms with Gasteiger partial charge in [-0.15, -0.1) is 0 Å². The van der Waals surface area contributed by atoms with Gasteiger partial charge < -0.3 is 4.90 Å². The summed E-state index contributed by atoms with van der Waals surface area (Å²) in [5.41, 5.74) is 1.91. The molecule has 2 aromatic carbocycles. The highest BCUT2D eigenvalue weighted by molar-refractivity contribution is 5.81. The van der Waals surface area contributed by atoms with Crippen LogP contribution in [0.3, 0.4) is 0 Å². The van der Waals surface area contributed by atoms with Crippen molar-refractivity contribution in [1.82, 2.24) is 9.80 Å². The van der Waals surface area contributed by atoms with Gasteiger partial charge in [0.05, 0.1) is 11.6 Å². The fraction of sp³-hybridized carbons (Fsp3) is 0.381. The summed E-state index contributed by atoms with van der Waals surface area (Å²) in [4.78, 5) is 16.3. The smallest absolute Gasteiger partial charge is 0.337 e. The molecule has 3 rings (SSSR count). The van der Waals surface area contributed by atoms with Gasteiger partial charge in [0.15, 0.2) is 0 Å². The van der Waals surface area contributed by atoms with Crippen molar-refractivity contribution in [1.29, 1.82) is 0 Å². The Morgan fingerprint density at radius 1 is 1.11 bits per heavy atom. The maximum atomic E-state index is 13.2. The molecule has 0 saturated heterocycles. The molecule has 2 aromatic rings. The molecule has 0 aliphatic carbocycles. The van der Waals surface area contributed by atoms with E-state index in [0.717, 1.165) is 18.1 Å². The Morgan fingerprint density at radius 2 is 1.74 bits per heavy atom. The number of fused-ring (bicyclic) bond motifs is 1. The van der Waals surface area contributed by atoms with E-state index in [1.807, 2.05) is 18.2 Å². The monoisotopic (exact) mass is 376 g/mol. The normalized spacial score (nSPS) is 15.6. The number of hydrogen-bond donors (Lipinski definition) is 0. The van der Waals surface area contributed by atoms with Gasteiger partial charge in [-0.25, -0.2) is 0 Å². The second-order valence-electron chi connectivity index (χ2n) is 7.02. The zero-order chi connectivity index (χ0) is 19.6. The minimum absolute atomic E-state index is 0.0588. The summed E-state index contributed by atoms with van der Waals surface area (Å²) in [6.07, 6.45) is -3.60. The van der Waals surface area contributed by atoms with Crippen molar-refractivity contribution in [3.05, 3.63) is 70.8 Å². The van der Waals surface area contributed by atoms with E-state index >= 15 is 0 Å². The topological polar surface area (TPSA) is 23.6 Å². The molecular weight excluding hydrogens is 353 g/mol. The van der Waals surface area contributed by atoms with Crippen LogP contribution in [0.2, 0.25) is 0 Å². The molecule has 1 unspecified atom stereocenters. The van der Waals surface area contributed by atoms with Crippen molar-refractivity contribution >= 4 is 5.91 Å². The zero-order valence-corrected chi connectivity index (χ0v) is 15.5. The van der Waals surface area contributed by atoms with Gasteiger partial charge in [0.25, 0.3) is 0 Å². The summed E-state index contributed by atoms with van der Waals surface area (Å²) in [5.74, 6) is -0.0588. The first kappa shape index (κ1) is 19.4. The highest BCUT2D eigenvalue weighted by atomic mass is 19.4. The lowest BCUT2D eigenvalue weighted by Crippen LogP contribution is -2.47. The Hall–Kier alpha value is -2.34. The quantitative estimate of drug-likeness (QED) is 0.802. The van der Waals surface area contributed by atoms with Crippen LogP contribution in [0.4, 0.5) is 13.2 Å². The third-order valence-electron chi connectivity index (χ3n) is 5.20. The van der Waals surface area contributed by atoms with Crippen molar-refractivity contribution in [3.8, 4) is 0 Å². The first-order valence-corrected chi connectivity index (χ1v) is 8.98. The summed E-state index contributed by atoms with van der Waals surface area (Å²) in [7, 11) is 1.69. The van der Waals surface area contributed by atoms with E-state index in [4.69, 9.17) is 0 Å². The van der Waals surface area contributed by atoms with E-state index in [1.54, 1.807) is 29.8 Å². The van der Waals surface area contributed by atoms with Crippen LogP contribution in [0.1, 0.15) is 29.2 Å². The van der Waals surface area contributed by atoms with Crippen molar-refractivity contribution < 1.29 is 18.0 Å². The summed E-state index contributed by atoms with van der Waals surface area (Å²) in [6, 6.07) is 13.0. The number of carbonyl (C=O) groups is 1. The number of hydrogen-bond acceptors (Lipinski definition) is 2. The van der Waals surface area contributed by atoms with Crippen molar-refractivity contribution in [2.75, 3.05) is 13.6 Å². The Morgan fingerprint density at radius 3 is 2.44 bits per heavy atom. The van der Waals surface area contributed by atoms with E-state index in [9.17, 15) is 18.0 Å². The molecule has 0 saturated carbocycles. The zero-order valence-electron chi connectivity index (χ0n) is 15.5. The van der Waals surface area contributed by atoms with Gasteiger partial charge in [0.2, 0.25) is 5.91 Å². The number of alkyl halides is 3. The Balaban J connectivity index is 1.69. The fourth-order valence-corrected chi connectivity index (χ4v) is 3.48. The van der Waals surface area contributed by atoms with Crippen LogP contribution in [-0.2, 0) is 30.5 Å². The Labute approximate surface area is 157 Å². The average molecular weight is 376 g/mol. The molecule has 6 heteroatoms. The Bertz CT molecular complexity index is 819. The van der Waals surface area contributed by atoms with Gasteiger partial charge in [-0.1, -0.05) is 42.5 Å². The van der Waals surface area contributed by atoms with Gasteiger partial charge >= 0.3 is 6.18 Å². The molecule has 3 nitrogen and oxygen atoms in total. The van der Waals surface area contributed by atoms with E-state index in [-0.39, 0.29) is 18.0 Å². The van der Waals surface area contributed by atoms with Crippen molar-refractivity contribution in [3.63, 3.8) is 0 Å². The molecule has 1 heterocycles. The predicted octanol–water partition coefficient (Wildman–Crippen LogP) is 4.11. The van der Waals surface area contributed by atoms with Crippen LogP contribution in [0.15, 0.2) is 48.5 Å². The minimum atomic E-state index is -4.40. The number of likely N-dealkylation sites (N-methyl/N-ethyl adjacent to an activating group) is 1. The Kier molecular flexibility index (Phi) is 5.56. The molecule has 1 aliphatic heterocycles. The number of rotatable bonds is 4. The summed E-state index contributed by atoms with van der Waals surface area (Å²) < 4.78 is 39.6. The van der Waals surface area contributed by atoms with Crippen LogP contribution >= 0.6 is 0 Å². The fourth-order valence-electron chi connectivity index (χ4n) is 3.48. The van der Waals surface area contributed by atoms with E-state index in [2.05, 4.69) is 6.07 Å². The van der Waals surface area contributed by atoms with E-state index < -0.39 is 17.8 Å². The SMILES string of the molecule is CC(C(=O)N1CCc2ccccc2C1)N(C)Cc1ccccc1C(F)(F)F.